The first-order chi connectivity index (χ1) is 16.0. The monoisotopic (exact) mass is 491 g/mol. The van der Waals surface area contributed by atoms with Crippen LogP contribution in [0.1, 0.15) is 43.7 Å². The summed E-state index contributed by atoms with van der Waals surface area (Å²) >= 11 is 0. The van der Waals surface area contributed by atoms with E-state index < -0.39 is 26.8 Å². The van der Waals surface area contributed by atoms with E-state index in [0.717, 1.165) is 22.3 Å². The molecule has 1 aliphatic rings. The van der Waals surface area contributed by atoms with Gasteiger partial charge in [-0.2, -0.15) is 0 Å². The molecule has 34 heavy (non-hydrogen) atoms. The summed E-state index contributed by atoms with van der Waals surface area (Å²) in [5, 5.41) is 27.8. The molecule has 1 fully saturated rings. The lowest BCUT2D eigenvalue weighted by molar-refractivity contribution is -0.139. The van der Waals surface area contributed by atoms with Gasteiger partial charge >= 0.3 is 5.97 Å². The molecule has 9 heteroatoms. The molecule has 2 aromatic carbocycles. The number of sulfonamides is 1. The van der Waals surface area contributed by atoms with Crippen molar-refractivity contribution in [2.45, 2.75) is 50.4 Å². The van der Waals surface area contributed by atoms with Crippen molar-refractivity contribution in [3.63, 3.8) is 0 Å². The van der Waals surface area contributed by atoms with Gasteiger partial charge in [0, 0.05) is 13.1 Å². The highest BCUT2D eigenvalue weighted by molar-refractivity contribution is 7.91. The largest absolute Gasteiger partial charge is 0.491 e. The van der Waals surface area contributed by atoms with Gasteiger partial charge in [0.1, 0.15) is 18.5 Å². The van der Waals surface area contributed by atoms with Crippen LogP contribution in [0.25, 0.3) is 11.1 Å². The predicted octanol–water partition coefficient (Wildman–Crippen LogP) is 2.77. The number of ether oxygens (including phenoxy) is 1. The first-order valence-corrected chi connectivity index (χ1v) is 12.8. The molecule has 1 aliphatic heterocycles. The first-order valence-electron chi connectivity index (χ1n) is 11.3. The SMILES string of the molecule is Cc1cc(C2CCN(S(=O)(=O)C(C)(C)C(=O)O)CC2)ccc1-c1cccc(OC[C@H](O)CO)c1. The zero-order valence-corrected chi connectivity index (χ0v) is 20.6. The van der Waals surface area contributed by atoms with E-state index in [-0.39, 0.29) is 19.1 Å². The minimum Gasteiger partial charge on any atom is -0.491 e. The van der Waals surface area contributed by atoms with Crippen molar-refractivity contribution < 1.29 is 33.3 Å². The second-order valence-corrected chi connectivity index (χ2v) is 11.7. The van der Waals surface area contributed by atoms with Crippen molar-refractivity contribution in [3.8, 4) is 16.9 Å². The number of carboxylic acid groups (broad SMARTS) is 1. The summed E-state index contributed by atoms with van der Waals surface area (Å²) in [5.41, 5.74) is 4.22. The molecule has 8 nitrogen and oxygen atoms in total. The maximum absolute atomic E-state index is 12.8. The lowest BCUT2D eigenvalue weighted by Crippen LogP contribution is -2.51. The molecule has 0 amide bonds. The number of aliphatic hydroxyl groups excluding tert-OH is 2. The third-order valence-corrected chi connectivity index (χ3v) is 8.98. The van der Waals surface area contributed by atoms with Gasteiger partial charge in [-0.15, -0.1) is 0 Å². The van der Waals surface area contributed by atoms with E-state index >= 15 is 0 Å². The van der Waals surface area contributed by atoms with E-state index in [1.165, 1.54) is 18.2 Å². The van der Waals surface area contributed by atoms with Crippen molar-refractivity contribution >= 4 is 16.0 Å². The summed E-state index contributed by atoms with van der Waals surface area (Å²) < 4.78 is 30.6. The van der Waals surface area contributed by atoms with Crippen LogP contribution >= 0.6 is 0 Å². The summed E-state index contributed by atoms with van der Waals surface area (Å²) in [6.07, 6.45) is 0.329. The Kier molecular flexibility index (Phi) is 8.02. The Labute approximate surface area is 200 Å². The van der Waals surface area contributed by atoms with Gasteiger partial charge < -0.3 is 20.1 Å². The third kappa shape index (κ3) is 5.43. The number of aliphatic carboxylic acids is 1. The van der Waals surface area contributed by atoms with Crippen molar-refractivity contribution in [2.24, 2.45) is 0 Å². The Hall–Kier alpha value is -2.46. The lowest BCUT2D eigenvalue weighted by Gasteiger charge is -2.35. The number of carbonyl (C=O) groups is 1. The van der Waals surface area contributed by atoms with E-state index in [0.29, 0.717) is 31.7 Å². The molecule has 3 N–H and O–H groups in total. The quantitative estimate of drug-likeness (QED) is 0.493. The molecule has 1 saturated heterocycles. The average Bonchev–Trinajstić information content (AvgIpc) is 2.82. The number of hydrogen-bond acceptors (Lipinski definition) is 6. The maximum atomic E-state index is 12.8. The van der Waals surface area contributed by atoms with Crippen molar-refractivity contribution in [1.29, 1.82) is 0 Å². The normalized spacial score (nSPS) is 16.9. The number of rotatable bonds is 9. The molecule has 0 bridgehead atoms. The van der Waals surface area contributed by atoms with Crippen molar-refractivity contribution in [2.75, 3.05) is 26.3 Å². The highest BCUT2D eigenvalue weighted by atomic mass is 32.2. The molecule has 0 aromatic heterocycles. The molecule has 0 radical (unpaired) electrons. The molecular weight excluding hydrogens is 458 g/mol. The number of piperidine rings is 1. The summed E-state index contributed by atoms with van der Waals surface area (Å²) in [5.74, 6) is -0.548. The average molecular weight is 492 g/mol. The third-order valence-electron chi connectivity index (χ3n) is 6.47. The van der Waals surface area contributed by atoms with Gasteiger partial charge in [0.25, 0.3) is 0 Å². The summed E-state index contributed by atoms with van der Waals surface area (Å²) in [6.45, 7) is 4.73. The fraction of sp³-hybridized carbons (Fsp3) is 0.480. The Morgan fingerprint density at radius 3 is 2.44 bits per heavy atom. The van der Waals surface area contributed by atoms with Crippen LogP contribution in [0.4, 0.5) is 0 Å². The van der Waals surface area contributed by atoms with Gasteiger partial charge in [-0.3, -0.25) is 4.79 Å². The number of aryl methyl sites for hydroxylation is 1. The highest BCUT2D eigenvalue weighted by Gasteiger charge is 2.46. The smallest absolute Gasteiger partial charge is 0.325 e. The Bertz CT molecular complexity index is 1120. The predicted molar refractivity (Wildman–Crippen MR) is 129 cm³/mol. The zero-order valence-electron chi connectivity index (χ0n) is 19.8. The van der Waals surface area contributed by atoms with Crippen LogP contribution < -0.4 is 4.74 Å². The lowest BCUT2D eigenvalue weighted by atomic mass is 9.87. The second kappa shape index (κ2) is 10.4. The summed E-state index contributed by atoms with van der Waals surface area (Å²) in [7, 11) is -3.94. The van der Waals surface area contributed by atoms with Crippen LogP contribution in [-0.4, -0.2) is 71.2 Å². The summed E-state index contributed by atoms with van der Waals surface area (Å²) in [6, 6.07) is 13.8. The van der Waals surface area contributed by atoms with Gasteiger partial charge in [-0.1, -0.05) is 30.3 Å². The van der Waals surface area contributed by atoms with Crippen molar-refractivity contribution in [1.82, 2.24) is 4.31 Å². The molecular formula is C25H33NO7S. The number of nitrogens with zero attached hydrogens (tertiary/aromatic N) is 1. The van der Waals surface area contributed by atoms with Gasteiger partial charge in [-0.25, -0.2) is 12.7 Å². The highest BCUT2D eigenvalue weighted by Crippen LogP contribution is 2.35. The molecule has 1 heterocycles. The molecule has 2 aromatic rings. The van der Waals surface area contributed by atoms with Crippen LogP contribution in [-0.2, 0) is 14.8 Å². The minimum atomic E-state index is -3.94. The van der Waals surface area contributed by atoms with Gasteiger partial charge in [0.2, 0.25) is 10.0 Å². The topological polar surface area (TPSA) is 124 Å². The van der Waals surface area contributed by atoms with Crippen LogP contribution in [0.5, 0.6) is 5.75 Å². The minimum absolute atomic E-state index is 0.00986. The number of benzene rings is 2. The van der Waals surface area contributed by atoms with E-state index in [4.69, 9.17) is 9.84 Å². The van der Waals surface area contributed by atoms with E-state index in [9.17, 15) is 23.4 Å². The van der Waals surface area contributed by atoms with E-state index in [2.05, 4.69) is 12.1 Å². The number of carboxylic acids is 1. The summed E-state index contributed by atoms with van der Waals surface area (Å²) in [4.78, 5) is 11.4. The van der Waals surface area contributed by atoms with Gasteiger partial charge in [-0.05, 0) is 73.9 Å². The van der Waals surface area contributed by atoms with Crippen LogP contribution in [0, 0.1) is 6.92 Å². The molecule has 186 valence electrons. The molecule has 3 rings (SSSR count). The molecule has 0 saturated carbocycles. The fourth-order valence-corrected chi connectivity index (χ4v) is 5.68. The van der Waals surface area contributed by atoms with E-state index in [1.54, 1.807) is 6.07 Å². The second-order valence-electron chi connectivity index (χ2n) is 9.24. The van der Waals surface area contributed by atoms with Gasteiger partial charge in [0.15, 0.2) is 4.75 Å². The van der Waals surface area contributed by atoms with E-state index in [1.807, 2.05) is 31.2 Å². The fourth-order valence-electron chi connectivity index (χ4n) is 4.13. The van der Waals surface area contributed by atoms with Crippen LogP contribution in [0.2, 0.25) is 0 Å². The maximum Gasteiger partial charge on any atom is 0.325 e. The van der Waals surface area contributed by atoms with Crippen LogP contribution in [0.3, 0.4) is 0 Å². The van der Waals surface area contributed by atoms with Gasteiger partial charge in [0.05, 0.1) is 6.61 Å². The molecule has 0 unspecified atom stereocenters. The Balaban J connectivity index is 1.71. The molecule has 1 atom stereocenters. The zero-order chi connectivity index (χ0) is 25.1. The Morgan fingerprint density at radius 2 is 1.85 bits per heavy atom. The number of aliphatic hydroxyl groups is 2. The molecule has 0 aliphatic carbocycles. The Morgan fingerprint density at radius 1 is 1.18 bits per heavy atom. The number of hydrogen-bond donors (Lipinski definition) is 3. The molecule has 0 spiro atoms. The first kappa shape index (κ1) is 26.2. The standard InChI is InChI=1S/C25H33NO7S/c1-17-13-19(18-9-11-26(12-10-18)34(31,32)25(2,3)24(29)30)7-8-23(17)20-5-4-6-22(14-20)33-16-21(28)15-27/h4-8,13-14,18,21,27-28H,9-12,15-16H2,1-3H3,(H,29,30)/t21-/m1/s1. The van der Waals surface area contributed by atoms with Crippen LogP contribution in [0.15, 0.2) is 42.5 Å². The van der Waals surface area contributed by atoms with Crippen molar-refractivity contribution in [3.05, 3.63) is 53.6 Å².